The van der Waals surface area contributed by atoms with Crippen molar-refractivity contribution in [3.8, 4) is 0 Å². The summed E-state index contributed by atoms with van der Waals surface area (Å²) in [6, 6.07) is 0.657. The monoisotopic (exact) mass is 209 g/mol. The molecule has 0 amide bonds. The highest BCUT2D eigenvalue weighted by molar-refractivity contribution is 5.17. The third kappa shape index (κ3) is 1.86. The van der Waals surface area contributed by atoms with Gasteiger partial charge in [-0.1, -0.05) is 27.7 Å². The van der Waals surface area contributed by atoms with Crippen molar-refractivity contribution in [1.82, 2.24) is 4.90 Å². The van der Waals surface area contributed by atoms with Crippen LogP contribution in [0.4, 0.5) is 0 Å². The Morgan fingerprint density at radius 2 is 1.93 bits per heavy atom. The zero-order chi connectivity index (χ0) is 11.0. The highest BCUT2D eigenvalue weighted by Crippen LogP contribution is 2.35. The SMILES string of the molecule is CC(C)C1=C(C(C)C)N2CCCC2CO1. The van der Waals surface area contributed by atoms with Crippen LogP contribution in [-0.4, -0.2) is 24.1 Å². The van der Waals surface area contributed by atoms with Crippen LogP contribution in [0, 0.1) is 11.8 Å². The molecule has 0 radical (unpaired) electrons. The molecule has 0 N–H and O–H groups in total. The second-order valence-electron chi connectivity index (χ2n) is 5.36. The van der Waals surface area contributed by atoms with Crippen molar-refractivity contribution >= 4 is 0 Å². The van der Waals surface area contributed by atoms with E-state index < -0.39 is 0 Å². The molecule has 2 nitrogen and oxygen atoms in total. The minimum atomic E-state index is 0.518. The van der Waals surface area contributed by atoms with Gasteiger partial charge in [-0.15, -0.1) is 0 Å². The third-order valence-corrected chi connectivity index (χ3v) is 3.44. The predicted octanol–water partition coefficient (Wildman–Crippen LogP) is 3.00. The Kier molecular flexibility index (Phi) is 2.94. The fraction of sp³-hybridized carbons (Fsp3) is 0.846. The van der Waals surface area contributed by atoms with Crippen molar-refractivity contribution in [1.29, 1.82) is 0 Å². The van der Waals surface area contributed by atoms with Crippen LogP contribution in [0.5, 0.6) is 0 Å². The van der Waals surface area contributed by atoms with Crippen molar-refractivity contribution in [2.24, 2.45) is 11.8 Å². The number of ether oxygens (including phenoxy) is 1. The first kappa shape index (κ1) is 10.8. The molecule has 2 heterocycles. The van der Waals surface area contributed by atoms with E-state index in [-0.39, 0.29) is 0 Å². The van der Waals surface area contributed by atoms with Gasteiger partial charge in [0.25, 0.3) is 0 Å². The smallest absolute Gasteiger partial charge is 0.118 e. The van der Waals surface area contributed by atoms with Gasteiger partial charge < -0.3 is 9.64 Å². The lowest BCUT2D eigenvalue weighted by molar-refractivity contribution is 0.0728. The Morgan fingerprint density at radius 3 is 2.53 bits per heavy atom. The Morgan fingerprint density at radius 1 is 1.20 bits per heavy atom. The maximum absolute atomic E-state index is 5.97. The zero-order valence-corrected chi connectivity index (χ0v) is 10.4. The number of fused-ring (bicyclic) bond motifs is 1. The molecule has 0 aromatic heterocycles. The standard InChI is InChI=1S/C13H23NO/c1-9(2)12-13(10(3)4)15-8-11-6-5-7-14(11)12/h9-11H,5-8H2,1-4H3. The summed E-state index contributed by atoms with van der Waals surface area (Å²) >= 11 is 0. The Bertz CT molecular complexity index is 268. The molecule has 0 aromatic rings. The van der Waals surface area contributed by atoms with Crippen LogP contribution in [-0.2, 0) is 4.74 Å². The Labute approximate surface area is 93.3 Å². The summed E-state index contributed by atoms with van der Waals surface area (Å²) in [4.78, 5) is 2.60. The highest BCUT2D eigenvalue weighted by atomic mass is 16.5. The molecule has 1 saturated heterocycles. The number of rotatable bonds is 2. The number of hydrogen-bond donors (Lipinski definition) is 0. The summed E-state index contributed by atoms with van der Waals surface area (Å²) < 4.78 is 5.97. The molecule has 0 saturated carbocycles. The number of allylic oxidation sites excluding steroid dienone is 2. The molecule has 2 aliphatic rings. The second kappa shape index (κ2) is 4.07. The van der Waals surface area contributed by atoms with Crippen molar-refractivity contribution in [3.63, 3.8) is 0 Å². The lowest BCUT2D eigenvalue weighted by atomic mass is 9.99. The summed E-state index contributed by atoms with van der Waals surface area (Å²) in [5.41, 5.74) is 1.47. The average molecular weight is 209 g/mol. The van der Waals surface area contributed by atoms with Crippen LogP contribution >= 0.6 is 0 Å². The van der Waals surface area contributed by atoms with Crippen molar-refractivity contribution in [2.45, 2.75) is 46.6 Å². The maximum Gasteiger partial charge on any atom is 0.118 e. The topological polar surface area (TPSA) is 12.5 Å². The van der Waals surface area contributed by atoms with Crippen LogP contribution in [0.2, 0.25) is 0 Å². The first-order valence-corrected chi connectivity index (χ1v) is 6.24. The van der Waals surface area contributed by atoms with Crippen LogP contribution in [0.15, 0.2) is 11.5 Å². The molecule has 15 heavy (non-hydrogen) atoms. The van der Waals surface area contributed by atoms with E-state index in [1.54, 1.807) is 0 Å². The lowest BCUT2D eigenvalue weighted by Crippen LogP contribution is -2.40. The molecule has 0 spiro atoms. The lowest BCUT2D eigenvalue weighted by Gasteiger charge is -2.39. The van der Waals surface area contributed by atoms with Gasteiger partial charge in [0.1, 0.15) is 12.4 Å². The van der Waals surface area contributed by atoms with Gasteiger partial charge in [0.15, 0.2) is 0 Å². The zero-order valence-electron chi connectivity index (χ0n) is 10.4. The normalized spacial score (nSPS) is 26.3. The van der Waals surface area contributed by atoms with Gasteiger partial charge >= 0.3 is 0 Å². The van der Waals surface area contributed by atoms with Gasteiger partial charge in [0.05, 0.1) is 11.7 Å². The molecule has 1 unspecified atom stereocenters. The quantitative estimate of drug-likeness (QED) is 0.693. The maximum atomic E-state index is 5.97. The molecule has 1 atom stereocenters. The van der Waals surface area contributed by atoms with Crippen LogP contribution in [0.25, 0.3) is 0 Å². The summed E-state index contributed by atoms with van der Waals surface area (Å²) in [6.07, 6.45) is 2.64. The van der Waals surface area contributed by atoms with Gasteiger partial charge in [-0.2, -0.15) is 0 Å². The van der Waals surface area contributed by atoms with Crippen molar-refractivity contribution < 1.29 is 4.74 Å². The van der Waals surface area contributed by atoms with Gasteiger partial charge in [-0.05, 0) is 18.8 Å². The first-order chi connectivity index (χ1) is 7.11. The summed E-state index contributed by atoms with van der Waals surface area (Å²) in [5.74, 6) is 2.34. The molecule has 86 valence electrons. The fourth-order valence-corrected chi connectivity index (χ4v) is 2.81. The average Bonchev–Trinajstić information content (AvgIpc) is 2.62. The first-order valence-electron chi connectivity index (χ1n) is 6.24. The summed E-state index contributed by atoms with van der Waals surface area (Å²) in [7, 11) is 0. The van der Waals surface area contributed by atoms with E-state index in [0.717, 1.165) is 6.61 Å². The van der Waals surface area contributed by atoms with E-state index in [1.807, 2.05) is 0 Å². The predicted molar refractivity (Wildman–Crippen MR) is 62.4 cm³/mol. The molecule has 0 bridgehead atoms. The van der Waals surface area contributed by atoms with E-state index in [0.29, 0.717) is 17.9 Å². The number of hydrogen-bond acceptors (Lipinski definition) is 2. The minimum Gasteiger partial charge on any atom is -0.494 e. The van der Waals surface area contributed by atoms with Crippen LogP contribution in [0.1, 0.15) is 40.5 Å². The summed E-state index contributed by atoms with van der Waals surface area (Å²) in [5, 5.41) is 0. The van der Waals surface area contributed by atoms with Gasteiger partial charge in [0, 0.05) is 12.5 Å². The van der Waals surface area contributed by atoms with E-state index in [1.165, 1.54) is 30.8 Å². The Hall–Kier alpha value is -0.660. The highest BCUT2D eigenvalue weighted by Gasteiger charge is 2.34. The van der Waals surface area contributed by atoms with E-state index in [2.05, 4.69) is 32.6 Å². The number of nitrogens with zero attached hydrogens (tertiary/aromatic N) is 1. The summed E-state index contributed by atoms with van der Waals surface area (Å²) in [6.45, 7) is 11.2. The van der Waals surface area contributed by atoms with Crippen molar-refractivity contribution in [3.05, 3.63) is 11.5 Å². The second-order valence-corrected chi connectivity index (χ2v) is 5.36. The third-order valence-electron chi connectivity index (χ3n) is 3.44. The molecule has 2 heteroatoms. The van der Waals surface area contributed by atoms with Gasteiger partial charge in [0.2, 0.25) is 0 Å². The molecular formula is C13H23NO. The molecule has 1 fully saturated rings. The van der Waals surface area contributed by atoms with Crippen LogP contribution in [0.3, 0.4) is 0 Å². The van der Waals surface area contributed by atoms with E-state index >= 15 is 0 Å². The van der Waals surface area contributed by atoms with Gasteiger partial charge in [-0.3, -0.25) is 0 Å². The molecular weight excluding hydrogens is 186 g/mol. The molecule has 2 rings (SSSR count). The van der Waals surface area contributed by atoms with Gasteiger partial charge in [-0.25, -0.2) is 0 Å². The largest absolute Gasteiger partial charge is 0.494 e. The minimum absolute atomic E-state index is 0.518. The van der Waals surface area contributed by atoms with Crippen LogP contribution < -0.4 is 0 Å². The molecule has 0 aliphatic carbocycles. The molecule has 0 aromatic carbocycles. The Balaban J connectivity index is 2.33. The fourth-order valence-electron chi connectivity index (χ4n) is 2.81. The molecule has 2 aliphatic heterocycles. The van der Waals surface area contributed by atoms with Crippen molar-refractivity contribution in [2.75, 3.05) is 13.2 Å². The van der Waals surface area contributed by atoms with E-state index in [9.17, 15) is 0 Å². The van der Waals surface area contributed by atoms with E-state index in [4.69, 9.17) is 4.74 Å².